The zero-order valence-electron chi connectivity index (χ0n) is 11.2. The summed E-state index contributed by atoms with van der Waals surface area (Å²) in [7, 11) is 1.72. The molecule has 0 saturated heterocycles. The minimum atomic E-state index is 0.112. The Morgan fingerprint density at radius 3 is 2.53 bits per heavy atom. The van der Waals surface area contributed by atoms with Crippen LogP contribution in [0.15, 0.2) is 36.4 Å². The van der Waals surface area contributed by atoms with Crippen LogP contribution in [0.2, 0.25) is 0 Å². The predicted octanol–water partition coefficient (Wildman–Crippen LogP) is 5.32. The fourth-order valence-corrected chi connectivity index (χ4v) is 3.34. The summed E-state index contributed by atoms with van der Waals surface area (Å²) in [5.74, 6) is 1.75. The lowest BCUT2D eigenvalue weighted by Gasteiger charge is -2.28. The van der Waals surface area contributed by atoms with Gasteiger partial charge in [-0.2, -0.15) is 0 Å². The van der Waals surface area contributed by atoms with Gasteiger partial charge in [-0.15, -0.1) is 11.6 Å². The van der Waals surface area contributed by atoms with Gasteiger partial charge in [0.2, 0.25) is 0 Å². The standard InChI is InChI=1S/C17H19ClO/c1-19-17-10-9-14(13-7-2-3-8-15(13)17)16(18)11-12-5-4-6-12/h2-3,7-10,12,16H,4-6,11H2,1H3. The molecule has 0 heterocycles. The van der Waals surface area contributed by atoms with Gasteiger partial charge in [0.1, 0.15) is 5.75 Å². The van der Waals surface area contributed by atoms with Crippen molar-refractivity contribution < 1.29 is 4.74 Å². The van der Waals surface area contributed by atoms with E-state index in [1.807, 2.05) is 12.1 Å². The first-order chi connectivity index (χ1) is 9.29. The summed E-state index contributed by atoms with van der Waals surface area (Å²) < 4.78 is 5.43. The maximum atomic E-state index is 6.65. The Kier molecular flexibility index (Phi) is 3.65. The largest absolute Gasteiger partial charge is 0.496 e. The van der Waals surface area contributed by atoms with Crippen molar-refractivity contribution in [3.63, 3.8) is 0 Å². The summed E-state index contributed by atoms with van der Waals surface area (Å²) in [6.07, 6.45) is 5.16. The lowest BCUT2D eigenvalue weighted by Crippen LogP contribution is -2.13. The summed E-state index contributed by atoms with van der Waals surface area (Å²) in [5.41, 5.74) is 1.24. The normalized spacial score (nSPS) is 17.2. The highest BCUT2D eigenvalue weighted by Gasteiger charge is 2.23. The summed E-state index contributed by atoms with van der Waals surface area (Å²) in [6.45, 7) is 0. The molecule has 0 aliphatic heterocycles. The van der Waals surface area contributed by atoms with Gasteiger partial charge in [-0.3, -0.25) is 0 Å². The second kappa shape index (κ2) is 5.42. The summed E-state index contributed by atoms with van der Waals surface area (Å²) in [5, 5.41) is 2.49. The Morgan fingerprint density at radius 1 is 1.16 bits per heavy atom. The molecule has 1 unspecified atom stereocenters. The minimum absolute atomic E-state index is 0.112. The first kappa shape index (κ1) is 12.8. The highest BCUT2D eigenvalue weighted by atomic mass is 35.5. The van der Waals surface area contributed by atoms with E-state index < -0.39 is 0 Å². The third kappa shape index (κ3) is 2.44. The number of hydrogen-bond donors (Lipinski definition) is 0. The SMILES string of the molecule is COc1ccc(C(Cl)CC2CCC2)c2ccccc12. The molecule has 0 N–H and O–H groups in total. The zero-order valence-corrected chi connectivity index (χ0v) is 12.0. The van der Waals surface area contributed by atoms with Gasteiger partial charge in [-0.1, -0.05) is 49.6 Å². The third-order valence-electron chi connectivity index (χ3n) is 4.24. The molecule has 1 nitrogen and oxygen atoms in total. The molecule has 2 heteroatoms. The molecular formula is C17H19ClO. The van der Waals surface area contributed by atoms with Crippen LogP contribution < -0.4 is 4.74 Å². The number of hydrogen-bond acceptors (Lipinski definition) is 1. The Hall–Kier alpha value is -1.21. The molecule has 3 rings (SSSR count). The van der Waals surface area contributed by atoms with Gasteiger partial charge in [0.05, 0.1) is 12.5 Å². The quantitative estimate of drug-likeness (QED) is 0.686. The van der Waals surface area contributed by atoms with Gasteiger partial charge in [-0.25, -0.2) is 0 Å². The van der Waals surface area contributed by atoms with Gasteiger partial charge in [0, 0.05) is 5.39 Å². The second-order valence-electron chi connectivity index (χ2n) is 5.40. The molecule has 1 atom stereocenters. The topological polar surface area (TPSA) is 9.23 Å². The van der Waals surface area contributed by atoms with E-state index in [9.17, 15) is 0 Å². The molecule has 0 amide bonds. The van der Waals surface area contributed by atoms with Crippen LogP contribution in [-0.2, 0) is 0 Å². The van der Waals surface area contributed by atoms with Crippen molar-refractivity contribution in [2.45, 2.75) is 31.1 Å². The van der Waals surface area contributed by atoms with Crippen molar-refractivity contribution in [2.75, 3.05) is 7.11 Å². The zero-order chi connectivity index (χ0) is 13.2. The number of rotatable bonds is 4. The molecule has 0 bridgehead atoms. The van der Waals surface area contributed by atoms with Crippen molar-refractivity contribution in [1.29, 1.82) is 0 Å². The van der Waals surface area contributed by atoms with Crippen LogP contribution in [0.4, 0.5) is 0 Å². The number of benzene rings is 2. The molecule has 19 heavy (non-hydrogen) atoms. The number of alkyl halides is 1. The Morgan fingerprint density at radius 2 is 1.89 bits per heavy atom. The molecular weight excluding hydrogens is 256 g/mol. The fourth-order valence-electron chi connectivity index (χ4n) is 2.89. The van der Waals surface area contributed by atoms with Crippen LogP contribution in [0.5, 0.6) is 5.75 Å². The number of methoxy groups -OCH3 is 1. The van der Waals surface area contributed by atoms with Crippen molar-refractivity contribution in [3.8, 4) is 5.75 Å². The van der Waals surface area contributed by atoms with E-state index in [1.165, 1.54) is 30.2 Å². The second-order valence-corrected chi connectivity index (χ2v) is 5.93. The van der Waals surface area contributed by atoms with Crippen LogP contribution in [0.1, 0.15) is 36.6 Å². The smallest absolute Gasteiger partial charge is 0.126 e. The van der Waals surface area contributed by atoms with Crippen molar-refractivity contribution >= 4 is 22.4 Å². The molecule has 100 valence electrons. The fraction of sp³-hybridized carbons (Fsp3) is 0.412. The maximum absolute atomic E-state index is 6.65. The average molecular weight is 275 g/mol. The summed E-state index contributed by atoms with van der Waals surface area (Å²) >= 11 is 6.65. The van der Waals surface area contributed by atoms with Crippen molar-refractivity contribution in [2.24, 2.45) is 5.92 Å². The van der Waals surface area contributed by atoms with Gasteiger partial charge in [-0.05, 0) is 29.4 Å². The van der Waals surface area contributed by atoms with E-state index in [2.05, 4.69) is 24.3 Å². The summed E-state index contributed by atoms with van der Waals surface area (Å²) in [4.78, 5) is 0. The Labute approximate surface area is 119 Å². The average Bonchev–Trinajstić information content (AvgIpc) is 2.41. The number of fused-ring (bicyclic) bond motifs is 1. The molecule has 2 aromatic rings. The Bertz CT molecular complexity index is 574. The molecule has 0 spiro atoms. The molecule has 0 radical (unpaired) electrons. The molecule has 0 aromatic heterocycles. The van der Waals surface area contributed by atoms with Crippen LogP contribution in [0, 0.1) is 5.92 Å². The maximum Gasteiger partial charge on any atom is 0.126 e. The third-order valence-corrected chi connectivity index (χ3v) is 4.65. The van der Waals surface area contributed by atoms with E-state index >= 15 is 0 Å². The van der Waals surface area contributed by atoms with Gasteiger partial charge >= 0.3 is 0 Å². The highest BCUT2D eigenvalue weighted by molar-refractivity contribution is 6.22. The van der Waals surface area contributed by atoms with E-state index in [4.69, 9.17) is 16.3 Å². The van der Waals surface area contributed by atoms with Crippen LogP contribution in [0.25, 0.3) is 10.8 Å². The number of halogens is 1. The van der Waals surface area contributed by atoms with Crippen LogP contribution >= 0.6 is 11.6 Å². The highest BCUT2D eigenvalue weighted by Crippen LogP contribution is 2.41. The number of ether oxygens (including phenoxy) is 1. The van der Waals surface area contributed by atoms with Gasteiger partial charge < -0.3 is 4.74 Å². The molecule has 1 fully saturated rings. The summed E-state index contributed by atoms with van der Waals surface area (Å²) in [6, 6.07) is 12.5. The lowest BCUT2D eigenvalue weighted by atomic mass is 9.81. The lowest BCUT2D eigenvalue weighted by molar-refractivity contribution is 0.293. The molecule has 1 aliphatic rings. The van der Waals surface area contributed by atoms with E-state index in [0.29, 0.717) is 0 Å². The van der Waals surface area contributed by atoms with Crippen molar-refractivity contribution in [3.05, 3.63) is 42.0 Å². The van der Waals surface area contributed by atoms with Crippen LogP contribution in [0.3, 0.4) is 0 Å². The molecule has 1 aliphatic carbocycles. The predicted molar refractivity (Wildman–Crippen MR) is 81.1 cm³/mol. The first-order valence-electron chi connectivity index (χ1n) is 6.99. The van der Waals surface area contributed by atoms with Gasteiger partial charge in [0.15, 0.2) is 0 Å². The van der Waals surface area contributed by atoms with E-state index in [0.717, 1.165) is 23.5 Å². The van der Waals surface area contributed by atoms with E-state index in [-0.39, 0.29) is 5.38 Å². The Balaban J connectivity index is 1.98. The monoisotopic (exact) mass is 274 g/mol. The minimum Gasteiger partial charge on any atom is -0.496 e. The van der Waals surface area contributed by atoms with Crippen molar-refractivity contribution in [1.82, 2.24) is 0 Å². The van der Waals surface area contributed by atoms with Gasteiger partial charge in [0.25, 0.3) is 0 Å². The first-order valence-corrected chi connectivity index (χ1v) is 7.43. The van der Waals surface area contributed by atoms with Crippen LogP contribution in [-0.4, -0.2) is 7.11 Å². The molecule has 1 saturated carbocycles. The van der Waals surface area contributed by atoms with E-state index in [1.54, 1.807) is 7.11 Å². The molecule has 2 aromatic carbocycles.